The predicted octanol–water partition coefficient (Wildman–Crippen LogP) is 4.45. The van der Waals surface area contributed by atoms with E-state index in [-0.39, 0.29) is 12.1 Å². The van der Waals surface area contributed by atoms with Gasteiger partial charge in [-0.2, -0.15) is 0 Å². The van der Waals surface area contributed by atoms with Crippen LogP contribution in [0.25, 0.3) is 0 Å². The van der Waals surface area contributed by atoms with Crippen LogP contribution in [0.5, 0.6) is 11.5 Å². The zero-order valence-electron chi connectivity index (χ0n) is 14.8. The van der Waals surface area contributed by atoms with Gasteiger partial charge >= 0.3 is 0 Å². The van der Waals surface area contributed by atoms with Crippen molar-refractivity contribution in [2.45, 2.75) is 24.3 Å². The summed E-state index contributed by atoms with van der Waals surface area (Å²) >= 11 is 5.45. The number of fused-ring (bicyclic) bond motifs is 1. The van der Waals surface area contributed by atoms with E-state index in [0.29, 0.717) is 5.25 Å². The second-order valence-corrected chi connectivity index (χ2v) is 8.63. The molecule has 0 aliphatic carbocycles. The number of pyridine rings is 1. The number of rotatable bonds is 4. The molecule has 3 atom stereocenters. The molecule has 0 N–H and O–H groups in total. The maximum absolute atomic E-state index is 5.71. The van der Waals surface area contributed by atoms with Crippen LogP contribution < -0.4 is 9.47 Å². The van der Waals surface area contributed by atoms with Gasteiger partial charge in [0.2, 0.25) is 0 Å². The van der Waals surface area contributed by atoms with E-state index in [2.05, 4.69) is 38.8 Å². The molecule has 0 bridgehead atoms. The Kier molecular flexibility index (Phi) is 4.84. The summed E-state index contributed by atoms with van der Waals surface area (Å²) in [7, 11) is 3.35. The third-order valence-corrected chi connectivity index (χ3v) is 6.43. The van der Waals surface area contributed by atoms with E-state index in [1.165, 1.54) is 0 Å². The van der Waals surface area contributed by atoms with Gasteiger partial charge in [0.1, 0.15) is 17.5 Å². The Morgan fingerprint density at radius 1 is 1.19 bits per heavy atom. The number of nitrogens with zero attached hydrogens (tertiary/aromatic N) is 3. The molecule has 0 saturated carbocycles. The number of amidine groups is 1. The molecule has 0 amide bonds. The third kappa shape index (κ3) is 2.97. The monoisotopic (exact) mass is 433 g/mol. The molecule has 0 radical (unpaired) electrons. The number of hydrogen-bond acceptors (Lipinski definition) is 6. The van der Waals surface area contributed by atoms with Crippen molar-refractivity contribution in [1.29, 1.82) is 0 Å². The first-order chi connectivity index (χ1) is 12.6. The highest BCUT2D eigenvalue weighted by atomic mass is 79.9. The van der Waals surface area contributed by atoms with Gasteiger partial charge in [-0.25, -0.2) is 0 Å². The minimum Gasteiger partial charge on any atom is -0.496 e. The first kappa shape index (κ1) is 17.7. The SMILES string of the molecule is COc1cc(OC)c([C@H]2[C@@H](c3ccccn3)N=C3S[C@@H](C)CN32)cc1Br. The quantitative estimate of drug-likeness (QED) is 0.712. The second kappa shape index (κ2) is 7.12. The molecule has 2 aromatic rings. The number of halogens is 1. The van der Waals surface area contributed by atoms with Gasteiger partial charge in [0, 0.05) is 29.6 Å². The van der Waals surface area contributed by atoms with Gasteiger partial charge in [0.25, 0.3) is 0 Å². The summed E-state index contributed by atoms with van der Waals surface area (Å²) in [4.78, 5) is 12.0. The molecule has 1 aromatic heterocycles. The lowest BCUT2D eigenvalue weighted by atomic mass is 9.95. The number of aromatic nitrogens is 1. The van der Waals surface area contributed by atoms with Crippen molar-refractivity contribution in [3.63, 3.8) is 0 Å². The number of methoxy groups -OCH3 is 2. The largest absolute Gasteiger partial charge is 0.496 e. The standard InChI is InChI=1S/C19H20BrN3O2S/c1-11-10-23-18(12-8-13(20)16(25-3)9-15(12)24-2)17(22-19(23)26-11)14-6-4-5-7-21-14/h4-9,11,17-18H,10H2,1-3H3/t11-,17+,18-/m0/s1. The summed E-state index contributed by atoms with van der Waals surface area (Å²) in [6.45, 7) is 3.20. The second-order valence-electron chi connectivity index (χ2n) is 6.37. The van der Waals surface area contributed by atoms with Crippen molar-refractivity contribution < 1.29 is 9.47 Å². The maximum Gasteiger partial charge on any atom is 0.160 e. The lowest BCUT2D eigenvalue weighted by Gasteiger charge is -2.29. The third-order valence-electron chi connectivity index (χ3n) is 4.70. The first-order valence-corrected chi connectivity index (χ1v) is 10.1. The number of ether oxygens (including phenoxy) is 2. The summed E-state index contributed by atoms with van der Waals surface area (Å²) < 4.78 is 12.1. The molecule has 0 unspecified atom stereocenters. The fourth-order valence-electron chi connectivity index (χ4n) is 3.57. The van der Waals surface area contributed by atoms with Gasteiger partial charge in [0.05, 0.1) is 30.4 Å². The zero-order valence-corrected chi connectivity index (χ0v) is 17.3. The van der Waals surface area contributed by atoms with E-state index in [1.54, 1.807) is 14.2 Å². The highest BCUT2D eigenvalue weighted by molar-refractivity contribution is 9.10. The van der Waals surface area contributed by atoms with Crippen molar-refractivity contribution >= 4 is 32.9 Å². The lowest BCUT2D eigenvalue weighted by molar-refractivity contribution is 0.306. The average Bonchev–Trinajstić information content (AvgIpc) is 3.18. The van der Waals surface area contributed by atoms with E-state index in [1.807, 2.05) is 42.2 Å². The Bertz CT molecular complexity index is 846. The van der Waals surface area contributed by atoms with Gasteiger partial charge in [-0.15, -0.1) is 0 Å². The van der Waals surface area contributed by atoms with E-state index in [9.17, 15) is 0 Å². The molecule has 136 valence electrons. The van der Waals surface area contributed by atoms with Crippen LogP contribution in [0.3, 0.4) is 0 Å². The zero-order chi connectivity index (χ0) is 18.3. The Labute approximate surface area is 165 Å². The summed E-state index contributed by atoms with van der Waals surface area (Å²) in [6.07, 6.45) is 1.83. The molecule has 2 aliphatic rings. The Morgan fingerprint density at radius 2 is 2.00 bits per heavy atom. The van der Waals surface area contributed by atoms with Gasteiger partial charge in [-0.3, -0.25) is 9.98 Å². The summed E-state index contributed by atoms with van der Waals surface area (Å²) in [6, 6.07) is 10.0. The average molecular weight is 434 g/mol. The fourth-order valence-corrected chi connectivity index (χ4v) is 5.18. The smallest absolute Gasteiger partial charge is 0.160 e. The summed E-state index contributed by atoms with van der Waals surface area (Å²) in [5, 5.41) is 1.61. The van der Waals surface area contributed by atoms with Crippen molar-refractivity contribution in [2.75, 3.05) is 20.8 Å². The summed E-state index contributed by atoms with van der Waals surface area (Å²) in [5.74, 6) is 1.56. The van der Waals surface area contributed by atoms with Crippen LogP contribution >= 0.6 is 27.7 Å². The highest BCUT2D eigenvalue weighted by Gasteiger charge is 2.44. The molecule has 1 fully saturated rings. The molecular formula is C19H20BrN3O2S. The van der Waals surface area contributed by atoms with Gasteiger partial charge in [-0.05, 0) is 34.1 Å². The molecule has 1 aromatic carbocycles. The fraction of sp³-hybridized carbons (Fsp3) is 0.368. The minimum atomic E-state index is -0.0552. The molecule has 1 saturated heterocycles. The lowest BCUT2D eigenvalue weighted by Crippen LogP contribution is -2.29. The topological polar surface area (TPSA) is 47.0 Å². The van der Waals surface area contributed by atoms with Crippen LogP contribution in [0, 0.1) is 0 Å². The van der Waals surface area contributed by atoms with Crippen LogP contribution in [0.15, 0.2) is 46.0 Å². The Balaban J connectivity index is 1.83. The molecule has 5 nitrogen and oxygen atoms in total. The van der Waals surface area contributed by atoms with E-state index < -0.39 is 0 Å². The van der Waals surface area contributed by atoms with Crippen LogP contribution in [0.1, 0.15) is 30.3 Å². The van der Waals surface area contributed by atoms with Crippen LogP contribution in [0.2, 0.25) is 0 Å². The van der Waals surface area contributed by atoms with Crippen LogP contribution in [-0.4, -0.2) is 41.1 Å². The molecule has 0 spiro atoms. The van der Waals surface area contributed by atoms with E-state index in [0.717, 1.165) is 38.9 Å². The molecule has 3 heterocycles. The van der Waals surface area contributed by atoms with Crippen molar-refractivity contribution in [1.82, 2.24) is 9.88 Å². The predicted molar refractivity (Wildman–Crippen MR) is 108 cm³/mol. The maximum atomic E-state index is 5.71. The molecule has 4 rings (SSSR count). The summed E-state index contributed by atoms with van der Waals surface area (Å²) in [5.41, 5.74) is 2.06. The molecule has 2 aliphatic heterocycles. The van der Waals surface area contributed by atoms with Crippen molar-refractivity contribution in [2.24, 2.45) is 4.99 Å². The van der Waals surface area contributed by atoms with Gasteiger partial charge < -0.3 is 14.4 Å². The number of benzene rings is 1. The van der Waals surface area contributed by atoms with Gasteiger partial charge in [0.15, 0.2) is 5.17 Å². The Hall–Kier alpha value is -1.73. The van der Waals surface area contributed by atoms with Crippen LogP contribution in [-0.2, 0) is 0 Å². The first-order valence-electron chi connectivity index (χ1n) is 8.45. The molecule has 26 heavy (non-hydrogen) atoms. The minimum absolute atomic E-state index is 0.0505. The van der Waals surface area contributed by atoms with Crippen molar-refractivity contribution in [3.05, 3.63) is 52.3 Å². The van der Waals surface area contributed by atoms with Crippen molar-refractivity contribution in [3.8, 4) is 11.5 Å². The molecular weight excluding hydrogens is 414 g/mol. The molecule has 7 heteroatoms. The number of aliphatic imine (C=N–C) groups is 1. The van der Waals surface area contributed by atoms with Crippen LogP contribution in [0.4, 0.5) is 0 Å². The number of thioether (sulfide) groups is 1. The van der Waals surface area contributed by atoms with E-state index in [4.69, 9.17) is 14.5 Å². The van der Waals surface area contributed by atoms with Gasteiger partial charge in [-0.1, -0.05) is 24.8 Å². The highest BCUT2D eigenvalue weighted by Crippen LogP contribution is 2.50. The number of hydrogen-bond donors (Lipinski definition) is 0. The Morgan fingerprint density at radius 3 is 2.69 bits per heavy atom. The normalized spacial score (nSPS) is 24.4. The van der Waals surface area contributed by atoms with E-state index >= 15 is 0 Å².